The van der Waals surface area contributed by atoms with E-state index in [2.05, 4.69) is 15.6 Å². The van der Waals surface area contributed by atoms with Gasteiger partial charge in [-0.3, -0.25) is 14.5 Å². The number of aromatic hydroxyl groups is 1. The summed E-state index contributed by atoms with van der Waals surface area (Å²) in [5.41, 5.74) is 3.01. The lowest BCUT2D eigenvalue weighted by Gasteiger charge is -2.26. The highest BCUT2D eigenvalue weighted by Gasteiger charge is 2.22. The van der Waals surface area contributed by atoms with E-state index in [9.17, 15) is 19.5 Å². The zero-order chi connectivity index (χ0) is 29.8. The number of hydrogen-bond acceptors (Lipinski definition) is 7. The summed E-state index contributed by atoms with van der Waals surface area (Å²) in [7, 11) is 1.30. The molecule has 0 saturated carbocycles. The number of fused-ring (bicyclic) bond motifs is 1. The van der Waals surface area contributed by atoms with Crippen molar-refractivity contribution in [1.82, 2.24) is 20.5 Å². The fourth-order valence-electron chi connectivity index (χ4n) is 4.96. The minimum absolute atomic E-state index is 0.0633. The summed E-state index contributed by atoms with van der Waals surface area (Å²) >= 11 is 0. The molecule has 0 spiro atoms. The number of benzene rings is 3. The number of methoxy groups -OCH3 is 1. The Morgan fingerprint density at radius 1 is 1.12 bits per heavy atom. The third-order valence-electron chi connectivity index (χ3n) is 7.08. The normalized spacial score (nSPS) is 14.1. The number of halogens is 1. The Bertz CT molecular complexity index is 1700. The van der Waals surface area contributed by atoms with E-state index in [0.29, 0.717) is 58.5 Å². The smallest absolute Gasteiger partial charge is 0.338 e. The van der Waals surface area contributed by atoms with Gasteiger partial charge in [0, 0.05) is 48.7 Å². The van der Waals surface area contributed by atoms with Crippen LogP contribution in [0.25, 0.3) is 10.9 Å². The standard InChI is InChI=1S/C31H30FN5O5/c1-18-14-23-25(16-22(18)31(41)42-2)36-30(40)27(23)28(19-6-4-3-5-7-19)35-20-8-9-21(24(32)15-20)29(39)34-11-13-37-12-10-33-26(38)17-37/h3-9,14-16,36,40H,10-13,17H2,1-2H3,(H,33,38)(H,34,39). The van der Waals surface area contributed by atoms with Crippen LogP contribution < -0.4 is 10.6 Å². The van der Waals surface area contributed by atoms with Crippen molar-refractivity contribution in [3.63, 3.8) is 0 Å². The topological polar surface area (TPSA) is 136 Å². The highest BCUT2D eigenvalue weighted by atomic mass is 19.1. The summed E-state index contributed by atoms with van der Waals surface area (Å²) in [5, 5.41) is 17.0. The number of aryl methyl sites for hydroxylation is 1. The predicted molar refractivity (Wildman–Crippen MR) is 156 cm³/mol. The number of nitrogens with one attached hydrogen (secondary N) is 3. The van der Waals surface area contributed by atoms with Crippen molar-refractivity contribution in [2.24, 2.45) is 4.99 Å². The molecule has 5 rings (SSSR count). The van der Waals surface area contributed by atoms with E-state index < -0.39 is 17.7 Å². The minimum atomic E-state index is -0.750. The first-order valence-corrected chi connectivity index (χ1v) is 13.4. The molecule has 0 aliphatic carbocycles. The van der Waals surface area contributed by atoms with Crippen molar-refractivity contribution in [3.8, 4) is 5.88 Å². The number of ether oxygens (including phenoxy) is 1. The van der Waals surface area contributed by atoms with Crippen molar-refractivity contribution in [3.05, 3.63) is 94.3 Å². The van der Waals surface area contributed by atoms with Gasteiger partial charge in [0.25, 0.3) is 5.91 Å². The van der Waals surface area contributed by atoms with E-state index in [1.807, 2.05) is 35.2 Å². The third-order valence-corrected chi connectivity index (χ3v) is 7.08. The first-order valence-electron chi connectivity index (χ1n) is 13.4. The molecule has 2 amide bonds. The summed E-state index contributed by atoms with van der Waals surface area (Å²) in [6.45, 7) is 4.00. The first-order chi connectivity index (χ1) is 20.2. The van der Waals surface area contributed by atoms with Crippen LogP contribution in [0, 0.1) is 12.7 Å². The molecule has 11 heteroatoms. The fraction of sp³-hybridized carbons (Fsp3) is 0.226. The number of rotatable bonds is 8. The number of aromatic nitrogens is 1. The molecule has 42 heavy (non-hydrogen) atoms. The van der Waals surface area contributed by atoms with Crippen LogP contribution in [0.3, 0.4) is 0 Å². The van der Waals surface area contributed by atoms with E-state index >= 15 is 4.39 Å². The maximum absolute atomic E-state index is 15.2. The van der Waals surface area contributed by atoms with Crippen LogP contribution in [-0.4, -0.2) is 78.3 Å². The second-order valence-electron chi connectivity index (χ2n) is 9.93. The molecule has 0 atom stereocenters. The Labute approximate surface area is 241 Å². The van der Waals surface area contributed by atoms with Gasteiger partial charge in [-0.15, -0.1) is 0 Å². The molecule has 216 valence electrons. The van der Waals surface area contributed by atoms with Gasteiger partial charge in [0.2, 0.25) is 5.91 Å². The molecule has 3 aromatic carbocycles. The Kier molecular flexibility index (Phi) is 8.30. The Morgan fingerprint density at radius 3 is 2.62 bits per heavy atom. The summed E-state index contributed by atoms with van der Waals surface area (Å²) in [4.78, 5) is 45.9. The molecule has 0 radical (unpaired) electrons. The van der Waals surface area contributed by atoms with Gasteiger partial charge in [-0.2, -0.15) is 0 Å². The van der Waals surface area contributed by atoms with Crippen LogP contribution in [0.15, 0.2) is 65.7 Å². The molecular weight excluding hydrogens is 541 g/mol. The van der Waals surface area contributed by atoms with Crippen LogP contribution in [0.1, 0.15) is 37.4 Å². The summed E-state index contributed by atoms with van der Waals surface area (Å²) in [5.74, 6) is -2.05. The van der Waals surface area contributed by atoms with Gasteiger partial charge in [0.15, 0.2) is 5.88 Å². The van der Waals surface area contributed by atoms with Crippen LogP contribution in [-0.2, 0) is 9.53 Å². The molecule has 1 aromatic heterocycles. The van der Waals surface area contributed by atoms with Crippen molar-refractivity contribution in [2.45, 2.75) is 6.92 Å². The molecule has 1 aliphatic rings. The number of amides is 2. The van der Waals surface area contributed by atoms with Crippen LogP contribution >= 0.6 is 0 Å². The maximum Gasteiger partial charge on any atom is 0.338 e. The van der Waals surface area contributed by atoms with Crippen molar-refractivity contribution in [1.29, 1.82) is 0 Å². The van der Waals surface area contributed by atoms with Gasteiger partial charge in [-0.1, -0.05) is 30.3 Å². The summed E-state index contributed by atoms with van der Waals surface area (Å²) < 4.78 is 20.0. The monoisotopic (exact) mass is 571 g/mol. The zero-order valence-electron chi connectivity index (χ0n) is 23.2. The molecule has 10 nitrogen and oxygen atoms in total. The minimum Gasteiger partial charge on any atom is -0.494 e. The molecule has 1 saturated heterocycles. The third kappa shape index (κ3) is 6.01. The van der Waals surface area contributed by atoms with Gasteiger partial charge >= 0.3 is 5.97 Å². The molecule has 4 aromatic rings. The average molecular weight is 572 g/mol. The van der Waals surface area contributed by atoms with Gasteiger partial charge in [-0.25, -0.2) is 14.2 Å². The number of aliphatic imine (C=N–C) groups is 1. The van der Waals surface area contributed by atoms with Crippen LogP contribution in [0.2, 0.25) is 0 Å². The highest BCUT2D eigenvalue weighted by molar-refractivity contribution is 6.22. The zero-order valence-corrected chi connectivity index (χ0v) is 23.2. The number of esters is 1. The molecule has 1 fully saturated rings. The Balaban J connectivity index is 1.45. The van der Waals surface area contributed by atoms with Crippen molar-refractivity contribution >= 4 is 40.1 Å². The predicted octanol–water partition coefficient (Wildman–Crippen LogP) is 3.44. The van der Waals surface area contributed by atoms with E-state index in [1.165, 1.54) is 25.3 Å². The number of carbonyl (C=O) groups is 3. The van der Waals surface area contributed by atoms with Crippen LogP contribution in [0.4, 0.5) is 10.1 Å². The second-order valence-corrected chi connectivity index (χ2v) is 9.93. The van der Waals surface area contributed by atoms with E-state index in [4.69, 9.17) is 9.73 Å². The number of hydrogen-bond donors (Lipinski definition) is 4. The van der Waals surface area contributed by atoms with Gasteiger partial charge in [-0.05, 0) is 36.8 Å². The number of H-pyrrole nitrogens is 1. The van der Waals surface area contributed by atoms with Crippen molar-refractivity contribution < 1.29 is 28.6 Å². The van der Waals surface area contributed by atoms with Crippen LogP contribution in [0.5, 0.6) is 5.88 Å². The maximum atomic E-state index is 15.2. The lowest BCUT2D eigenvalue weighted by Crippen LogP contribution is -2.49. The molecule has 1 aliphatic heterocycles. The lowest BCUT2D eigenvalue weighted by atomic mass is 9.98. The van der Waals surface area contributed by atoms with Gasteiger partial charge in [0.1, 0.15) is 5.82 Å². The lowest BCUT2D eigenvalue weighted by molar-refractivity contribution is -0.124. The van der Waals surface area contributed by atoms with E-state index in [0.717, 1.165) is 0 Å². The molecular formula is C31H30FN5O5. The Hall–Kier alpha value is -5.03. The fourth-order valence-corrected chi connectivity index (χ4v) is 4.96. The number of aromatic amines is 1. The molecule has 0 unspecified atom stereocenters. The first kappa shape index (κ1) is 28.5. The number of nitrogens with zero attached hydrogens (tertiary/aromatic N) is 2. The summed E-state index contributed by atoms with van der Waals surface area (Å²) in [6.07, 6.45) is 0. The van der Waals surface area contributed by atoms with Gasteiger partial charge < -0.3 is 25.5 Å². The van der Waals surface area contributed by atoms with E-state index in [1.54, 1.807) is 19.1 Å². The van der Waals surface area contributed by atoms with Crippen molar-refractivity contribution in [2.75, 3.05) is 39.8 Å². The van der Waals surface area contributed by atoms with Gasteiger partial charge in [0.05, 0.1) is 41.7 Å². The SMILES string of the molecule is COC(=O)c1cc2[nH]c(O)c(C(=Nc3ccc(C(=O)NCCN4CCNC(=O)C4)c(F)c3)c3ccccc3)c2cc1C. The second kappa shape index (κ2) is 12.2. The number of carbonyl (C=O) groups excluding carboxylic acids is 3. The average Bonchev–Trinajstić information content (AvgIpc) is 3.29. The quantitative estimate of drug-likeness (QED) is 0.189. The molecule has 4 N–H and O–H groups in total. The van der Waals surface area contributed by atoms with E-state index in [-0.39, 0.29) is 36.1 Å². The number of piperazine rings is 1. The highest BCUT2D eigenvalue weighted by Crippen LogP contribution is 2.33. The largest absolute Gasteiger partial charge is 0.494 e. The summed E-state index contributed by atoms with van der Waals surface area (Å²) in [6, 6.07) is 16.5. The molecule has 0 bridgehead atoms. The Morgan fingerprint density at radius 2 is 1.90 bits per heavy atom. The molecule has 2 heterocycles.